The van der Waals surface area contributed by atoms with Crippen molar-refractivity contribution in [3.8, 4) is 0 Å². The SMILES string of the molecule is CC(C)C(=O)Nc1ccc(F)c(/C=C/C(=O)O)c1. The van der Waals surface area contributed by atoms with Gasteiger partial charge in [0.2, 0.25) is 5.91 Å². The Labute approximate surface area is 104 Å². The quantitative estimate of drug-likeness (QED) is 0.808. The molecule has 0 atom stereocenters. The van der Waals surface area contributed by atoms with E-state index in [0.717, 1.165) is 12.2 Å². The fraction of sp³-hybridized carbons (Fsp3) is 0.231. The molecule has 0 radical (unpaired) electrons. The minimum Gasteiger partial charge on any atom is -0.478 e. The molecule has 1 amide bonds. The monoisotopic (exact) mass is 251 g/mol. The molecule has 0 aliphatic heterocycles. The van der Waals surface area contributed by atoms with Crippen LogP contribution in [-0.4, -0.2) is 17.0 Å². The van der Waals surface area contributed by atoms with E-state index in [1.807, 2.05) is 0 Å². The van der Waals surface area contributed by atoms with Crippen LogP contribution in [-0.2, 0) is 9.59 Å². The zero-order chi connectivity index (χ0) is 13.7. The Morgan fingerprint density at radius 1 is 1.39 bits per heavy atom. The van der Waals surface area contributed by atoms with Gasteiger partial charge >= 0.3 is 5.97 Å². The second-order valence-corrected chi connectivity index (χ2v) is 4.05. The zero-order valence-electron chi connectivity index (χ0n) is 10.1. The molecule has 2 N–H and O–H groups in total. The average Bonchev–Trinajstić information content (AvgIpc) is 2.29. The highest BCUT2D eigenvalue weighted by Crippen LogP contribution is 2.17. The van der Waals surface area contributed by atoms with Crippen LogP contribution in [0.15, 0.2) is 24.3 Å². The van der Waals surface area contributed by atoms with Gasteiger partial charge in [-0.2, -0.15) is 0 Å². The van der Waals surface area contributed by atoms with Gasteiger partial charge in [-0.1, -0.05) is 13.8 Å². The number of carbonyl (C=O) groups excluding carboxylic acids is 1. The molecule has 0 saturated carbocycles. The van der Waals surface area contributed by atoms with Crippen molar-refractivity contribution in [2.24, 2.45) is 5.92 Å². The predicted molar refractivity (Wildman–Crippen MR) is 66.5 cm³/mol. The summed E-state index contributed by atoms with van der Waals surface area (Å²) < 4.78 is 13.4. The van der Waals surface area contributed by atoms with Gasteiger partial charge in [0.05, 0.1) is 0 Å². The highest BCUT2D eigenvalue weighted by molar-refractivity contribution is 5.92. The number of rotatable bonds is 4. The van der Waals surface area contributed by atoms with E-state index in [-0.39, 0.29) is 17.4 Å². The van der Waals surface area contributed by atoms with Crippen LogP contribution in [0.2, 0.25) is 0 Å². The van der Waals surface area contributed by atoms with Gasteiger partial charge in [0.25, 0.3) is 0 Å². The standard InChI is InChI=1S/C13H14FNO3/c1-8(2)13(18)15-10-4-5-11(14)9(7-10)3-6-12(16)17/h3-8H,1-2H3,(H,15,18)(H,16,17)/b6-3+. The van der Waals surface area contributed by atoms with Crippen molar-refractivity contribution in [1.82, 2.24) is 0 Å². The topological polar surface area (TPSA) is 66.4 Å². The van der Waals surface area contributed by atoms with Gasteiger partial charge in [-0.05, 0) is 24.3 Å². The van der Waals surface area contributed by atoms with Gasteiger partial charge in [0, 0.05) is 23.2 Å². The summed E-state index contributed by atoms with van der Waals surface area (Å²) in [6, 6.07) is 3.99. The number of carboxylic acids is 1. The van der Waals surface area contributed by atoms with E-state index in [4.69, 9.17) is 5.11 Å². The zero-order valence-corrected chi connectivity index (χ0v) is 10.1. The fourth-order valence-corrected chi connectivity index (χ4v) is 1.20. The molecule has 1 aromatic carbocycles. The minimum atomic E-state index is -1.16. The van der Waals surface area contributed by atoms with Crippen LogP contribution in [0.1, 0.15) is 19.4 Å². The average molecular weight is 251 g/mol. The second-order valence-electron chi connectivity index (χ2n) is 4.05. The lowest BCUT2D eigenvalue weighted by Crippen LogP contribution is -2.17. The van der Waals surface area contributed by atoms with Crippen molar-refractivity contribution in [2.75, 3.05) is 5.32 Å². The molecule has 96 valence electrons. The first-order valence-electron chi connectivity index (χ1n) is 5.41. The predicted octanol–water partition coefficient (Wildman–Crippen LogP) is 2.52. The van der Waals surface area contributed by atoms with E-state index in [9.17, 15) is 14.0 Å². The third kappa shape index (κ3) is 4.01. The Morgan fingerprint density at radius 3 is 2.61 bits per heavy atom. The first kappa shape index (κ1) is 13.9. The van der Waals surface area contributed by atoms with Gasteiger partial charge < -0.3 is 10.4 Å². The molecule has 0 spiro atoms. The Kier molecular flexibility index (Phi) is 4.59. The molecule has 4 nitrogen and oxygen atoms in total. The Balaban J connectivity index is 2.93. The Bertz CT molecular complexity index is 495. The number of nitrogens with one attached hydrogen (secondary N) is 1. The highest BCUT2D eigenvalue weighted by atomic mass is 19.1. The fourth-order valence-electron chi connectivity index (χ4n) is 1.20. The van der Waals surface area contributed by atoms with Gasteiger partial charge in [-0.25, -0.2) is 9.18 Å². The van der Waals surface area contributed by atoms with Gasteiger partial charge in [0.1, 0.15) is 5.82 Å². The van der Waals surface area contributed by atoms with Crippen molar-refractivity contribution in [3.63, 3.8) is 0 Å². The lowest BCUT2D eigenvalue weighted by atomic mass is 10.1. The van der Waals surface area contributed by atoms with Crippen LogP contribution in [0, 0.1) is 11.7 Å². The summed E-state index contributed by atoms with van der Waals surface area (Å²) in [5.41, 5.74) is 0.541. The number of anilines is 1. The molecule has 0 fully saturated rings. The summed E-state index contributed by atoms with van der Waals surface area (Å²) in [4.78, 5) is 21.8. The molecular formula is C13H14FNO3. The maximum Gasteiger partial charge on any atom is 0.328 e. The van der Waals surface area contributed by atoms with E-state index in [0.29, 0.717) is 5.69 Å². The molecule has 0 saturated heterocycles. The third-order valence-corrected chi connectivity index (χ3v) is 2.19. The number of aliphatic carboxylic acids is 1. The molecular weight excluding hydrogens is 237 g/mol. The largest absolute Gasteiger partial charge is 0.478 e. The maximum atomic E-state index is 13.4. The van der Waals surface area contributed by atoms with Crippen LogP contribution in [0.25, 0.3) is 6.08 Å². The molecule has 1 rings (SSSR count). The van der Waals surface area contributed by atoms with E-state index >= 15 is 0 Å². The summed E-state index contributed by atoms with van der Waals surface area (Å²) in [6.07, 6.45) is 1.98. The normalized spacial score (nSPS) is 10.9. The van der Waals surface area contributed by atoms with E-state index in [1.165, 1.54) is 18.2 Å². The van der Waals surface area contributed by atoms with E-state index < -0.39 is 11.8 Å². The molecule has 0 heterocycles. The highest BCUT2D eigenvalue weighted by Gasteiger charge is 2.08. The lowest BCUT2D eigenvalue weighted by Gasteiger charge is -2.08. The number of hydrogen-bond donors (Lipinski definition) is 2. The molecule has 0 aromatic heterocycles. The van der Waals surface area contributed by atoms with E-state index in [2.05, 4.69) is 5.32 Å². The summed E-state index contributed by atoms with van der Waals surface area (Å²) in [5, 5.41) is 11.1. The number of amides is 1. The number of halogens is 1. The maximum absolute atomic E-state index is 13.4. The van der Waals surface area contributed by atoms with Crippen LogP contribution in [0.5, 0.6) is 0 Å². The molecule has 1 aromatic rings. The summed E-state index contributed by atoms with van der Waals surface area (Å²) in [7, 11) is 0. The summed E-state index contributed by atoms with van der Waals surface area (Å²) >= 11 is 0. The van der Waals surface area contributed by atoms with Crippen molar-refractivity contribution < 1.29 is 19.1 Å². The first-order chi connectivity index (χ1) is 8.40. The molecule has 0 aliphatic carbocycles. The van der Waals surface area contributed by atoms with Gasteiger partial charge in [0.15, 0.2) is 0 Å². The second kappa shape index (κ2) is 5.95. The minimum absolute atomic E-state index is 0.110. The van der Waals surface area contributed by atoms with Gasteiger partial charge in [-0.15, -0.1) is 0 Å². The smallest absolute Gasteiger partial charge is 0.328 e. The Morgan fingerprint density at radius 2 is 2.06 bits per heavy atom. The number of benzene rings is 1. The first-order valence-corrected chi connectivity index (χ1v) is 5.41. The Hall–Kier alpha value is -2.17. The third-order valence-electron chi connectivity index (χ3n) is 2.19. The van der Waals surface area contributed by atoms with Crippen molar-refractivity contribution in [3.05, 3.63) is 35.7 Å². The molecule has 0 aliphatic rings. The van der Waals surface area contributed by atoms with Crippen molar-refractivity contribution in [2.45, 2.75) is 13.8 Å². The molecule has 0 bridgehead atoms. The van der Waals surface area contributed by atoms with E-state index in [1.54, 1.807) is 13.8 Å². The number of hydrogen-bond acceptors (Lipinski definition) is 2. The van der Waals surface area contributed by atoms with Crippen LogP contribution in [0.3, 0.4) is 0 Å². The molecule has 0 unspecified atom stereocenters. The molecule has 18 heavy (non-hydrogen) atoms. The van der Waals surface area contributed by atoms with Crippen LogP contribution < -0.4 is 5.32 Å². The molecule has 5 heteroatoms. The number of carbonyl (C=O) groups is 2. The van der Waals surface area contributed by atoms with Crippen LogP contribution >= 0.6 is 0 Å². The van der Waals surface area contributed by atoms with Crippen LogP contribution in [0.4, 0.5) is 10.1 Å². The van der Waals surface area contributed by atoms with Gasteiger partial charge in [-0.3, -0.25) is 4.79 Å². The lowest BCUT2D eigenvalue weighted by molar-refractivity contribution is -0.131. The van der Waals surface area contributed by atoms with Crippen molar-refractivity contribution in [1.29, 1.82) is 0 Å². The number of carboxylic acid groups (broad SMARTS) is 1. The van der Waals surface area contributed by atoms with Crippen molar-refractivity contribution >= 4 is 23.6 Å². The summed E-state index contributed by atoms with van der Waals surface area (Å²) in [6.45, 7) is 3.48. The summed E-state index contributed by atoms with van der Waals surface area (Å²) in [5.74, 6) is -2.08.